The summed E-state index contributed by atoms with van der Waals surface area (Å²) in [4.78, 5) is 35.9. The Morgan fingerprint density at radius 1 is 0.848 bits per heavy atom. The van der Waals surface area contributed by atoms with Crippen molar-refractivity contribution in [1.82, 2.24) is 5.43 Å². The zero-order valence-electron chi connectivity index (χ0n) is 18.3. The van der Waals surface area contributed by atoms with Crippen molar-refractivity contribution < 1.29 is 19.1 Å². The van der Waals surface area contributed by atoms with E-state index in [0.717, 1.165) is 11.1 Å². The number of anilines is 2. The molecule has 3 aromatic rings. The molecule has 3 amide bonds. The summed E-state index contributed by atoms with van der Waals surface area (Å²) >= 11 is 0. The van der Waals surface area contributed by atoms with Crippen molar-refractivity contribution in [3.8, 4) is 5.75 Å². The minimum Gasteiger partial charge on any atom is -0.484 e. The van der Waals surface area contributed by atoms with Gasteiger partial charge in [-0.3, -0.25) is 14.4 Å². The second-order valence-electron chi connectivity index (χ2n) is 7.24. The highest BCUT2D eigenvalue weighted by atomic mass is 16.5. The van der Waals surface area contributed by atoms with Gasteiger partial charge in [0, 0.05) is 11.4 Å². The van der Waals surface area contributed by atoms with Crippen LogP contribution in [0.4, 0.5) is 11.4 Å². The van der Waals surface area contributed by atoms with E-state index in [1.54, 1.807) is 36.4 Å². The van der Waals surface area contributed by atoms with Gasteiger partial charge in [-0.2, -0.15) is 5.10 Å². The molecule has 0 saturated carbocycles. The molecule has 3 rings (SSSR count). The first-order valence-electron chi connectivity index (χ1n) is 10.2. The van der Waals surface area contributed by atoms with Gasteiger partial charge in [0.2, 0.25) is 0 Å². The summed E-state index contributed by atoms with van der Waals surface area (Å²) in [6, 6.07) is 21.4. The first kappa shape index (κ1) is 23.2. The number of nitrogens with one attached hydrogen (secondary N) is 3. The van der Waals surface area contributed by atoms with Gasteiger partial charge in [-0.1, -0.05) is 35.9 Å². The summed E-state index contributed by atoms with van der Waals surface area (Å²) in [5, 5.41) is 9.08. The molecule has 0 heterocycles. The van der Waals surface area contributed by atoms with E-state index in [1.165, 1.54) is 6.21 Å². The monoisotopic (exact) mass is 444 g/mol. The molecule has 3 aromatic carbocycles. The van der Waals surface area contributed by atoms with Gasteiger partial charge in [-0.05, 0) is 67.4 Å². The number of para-hydroxylation sites is 1. The smallest absolute Gasteiger partial charge is 0.329 e. The number of amides is 3. The lowest BCUT2D eigenvalue weighted by Gasteiger charge is -2.08. The second kappa shape index (κ2) is 11.2. The number of hydrazone groups is 1. The molecule has 8 heteroatoms. The van der Waals surface area contributed by atoms with E-state index in [-0.39, 0.29) is 12.5 Å². The van der Waals surface area contributed by atoms with Gasteiger partial charge < -0.3 is 15.4 Å². The summed E-state index contributed by atoms with van der Waals surface area (Å²) < 4.78 is 5.48. The Hall–Kier alpha value is -4.46. The average Bonchev–Trinajstić information content (AvgIpc) is 2.81. The standard InChI is InChI=1S/C25H24N4O4/c1-17-7-11-20(12-8-17)27-23(30)16-33-21-13-9-19(10-14-21)15-26-29-25(32)24(31)28-22-6-4-3-5-18(22)2/h3-15H,16H2,1-2H3,(H,27,30)(H,28,31)(H,29,32)/b26-15-. The van der Waals surface area contributed by atoms with Gasteiger partial charge in [0.05, 0.1) is 6.21 Å². The second-order valence-corrected chi connectivity index (χ2v) is 7.24. The Labute approximate surface area is 191 Å². The van der Waals surface area contributed by atoms with Crippen molar-refractivity contribution in [1.29, 1.82) is 0 Å². The van der Waals surface area contributed by atoms with Gasteiger partial charge in [-0.25, -0.2) is 5.43 Å². The fourth-order valence-electron chi connectivity index (χ4n) is 2.74. The summed E-state index contributed by atoms with van der Waals surface area (Å²) in [6.45, 7) is 3.67. The molecule has 0 atom stereocenters. The maximum Gasteiger partial charge on any atom is 0.329 e. The molecular formula is C25H24N4O4. The zero-order chi connectivity index (χ0) is 23.6. The molecule has 0 saturated heterocycles. The molecule has 0 aliphatic rings. The largest absolute Gasteiger partial charge is 0.484 e. The van der Waals surface area contributed by atoms with Crippen LogP contribution >= 0.6 is 0 Å². The first-order chi connectivity index (χ1) is 15.9. The van der Waals surface area contributed by atoms with Crippen molar-refractivity contribution in [2.75, 3.05) is 17.2 Å². The van der Waals surface area contributed by atoms with Gasteiger partial charge >= 0.3 is 11.8 Å². The van der Waals surface area contributed by atoms with E-state index in [0.29, 0.717) is 22.7 Å². The molecule has 0 bridgehead atoms. The third-order valence-electron chi connectivity index (χ3n) is 4.56. The Morgan fingerprint density at radius 2 is 1.55 bits per heavy atom. The molecule has 0 aliphatic carbocycles. The quantitative estimate of drug-likeness (QED) is 0.295. The predicted octanol–water partition coefficient (Wildman–Crippen LogP) is 3.41. The Balaban J connectivity index is 1.43. The Bertz CT molecular complexity index is 1160. The Morgan fingerprint density at radius 3 is 2.24 bits per heavy atom. The van der Waals surface area contributed by atoms with E-state index in [2.05, 4.69) is 21.2 Å². The fraction of sp³-hybridized carbons (Fsp3) is 0.120. The molecule has 0 fully saturated rings. The minimum atomic E-state index is -0.881. The molecule has 0 aliphatic heterocycles. The van der Waals surface area contributed by atoms with Crippen molar-refractivity contribution >= 4 is 35.3 Å². The molecule has 0 unspecified atom stereocenters. The van der Waals surface area contributed by atoms with E-state index in [1.807, 2.05) is 50.2 Å². The lowest BCUT2D eigenvalue weighted by molar-refractivity contribution is -0.136. The molecule has 0 radical (unpaired) electrons. The summed E-state index contributed by atoms with van der Waals surface area (Å²) in [5.74, 6) is -1.45. The van der Waals surface area contributed by atoms with Gasteiger partial charge in [0.1, 0.15) is 5.75 Å². The van der Waals surface area contributed by atoms with Crippen LogP contribution < -0.4 is 20.8 Å². The maximum atomic E-state index is 12.0. The number of carbonyl (C=O) groups excluding carboxylic acids is 3. The zero-order valence-corrected chi connectivity index (χ0v) is 18.3. The van der Waals surface area contributed by atoms with Gasteiger partial charge in [-0.15, -0.1) is 0 Å². The fourth-order valence-corrected chi connectivity index (χ4v) is 2.74. The summed E-state index contributed by atoms with van der Waals surface area (Å²) in [7, 11) is 0. The third-order valence-corrected chi connectivity index (χ3v) is 4.56. The number of hydrogen-bond donors (Lipinski definition) is 3. The highest BCUT2D eigenvalue weighted by Crippen LogP contribution is 2.13. The number of rotatable bonds is 7. The number of ether oxygens (including phenoxy) is 1. The van der Waals surface area contributed by atoms with Crippen LogP contribution in [0.2, 0.25) is 0 Å². The molecule has 168 valence electrons. The molecule has 33 heavy (non-hydrogen) atoms. The van der Waals surface area contributed by atoms with Crippen LogP contribution in [0.3, 0.4) is 0 Å². The molecular weight excluding hydrogens is 420 g/mol. The maximum absolute atomic E-state index is 12.0. The summed E-state index contributed by atoms with van der Waals surface area (Å²) in [5.41, 5.74) is 6.08. The van der Waals surface area contributed by atoms with Crippen molar-refractivity contribution in [2.45, 2.75) is 13.8 Å². The van der Waals surface area contributed by atoms with Crippen LogP contribution in [0.5, 0.6) is 5.75 Å². The lowest BCUT2D eigenvalue weighted by atomic mass is 10.2. The van der Waals surface area contributed by atoms with Crippen molar-refractivity contribution in [3.63, 3.8) is 0 Å². The number of aryl methyl sites for hydroxylation is 2. The van der Waals surface area contributed by atoms with E-state index >= 15 is 0 Å². The normalized spacial score (nSPS) is 10.5. The topological polar surface area (TPSA) is 109 Å². The first-order valence-corrected chi connectivity index (χ1v) is 10.2. The van der Waals surface area contributed by atoms with E-state index in [9.17, 15) is 14.4 Å². The molecule has 8 nitrogen and oxygen atoms in total. The van der Waals surface area contributed by atoms with Crippen LogP contribution in [0.15, 0.2) is 77.9 Å². The van der Waals surface area contributed by atoms with Crippen molar-refractivity contribution in [3.05, 3.63) is 89.5 Å². The molecule has 0 aromatic heterocycles. The Kier molecular flexibility index (Phi) is 7.91. The van der Waals surface area contributed by atoms with Crippen LogP contribution in [-0.4, -0.2) is 30.5 Å². The van der Waals surface area contributed by atoms with Crippen LogP contribution in [-0.2, 0) is 14.4 Å². The predicted molar refractivity (Wildman–Crippen MR) is 127 cm³/mol. The van der Waals surface area contributed by atoms with Gasteiger partial charge in [0.15, 0.2) is 6.61 Å². The highest BCUT2D eigenvalue weighted by molar-refractivity contribution is 6.39. The number of carbonyl (C=O) groups is 3. The number of hydrogen-bond acceptors (Lipinski definition) is 5. The van der Waals surface area contributed by atoms with Crippen LogP contribution in [0, 0.1) is 13.8 Å². The lowest BCUT2D eigenvalue weighted by Crippen LogP contribution is -2.32. The van der Waals surface area contributed by atoms with E-state index in [4.69, 9.17) is 4.74 Å². The highest BCUT2D eigenvalue weighted by Gasteiger charge is 2.13. The molecule has 0 spiro atoms. The SMILES string of the molecule is Cc1ccc(NC(=O)COc2ccc(/C=N\NC(=O)C(=O)Nc3ccccc3C)cc2)cc1. The number of nitrogens with zero attached hydrogens (tertiary/aromatic N) is 1. The summed E-state index contributed by atoms with van der Waals surface area (Å²) in [6.07, 6.45) is 1.40. The van der Waals surface area contributed by atoms with Crippen LogP contribution in [0.25, 0.3) is 0 Å². The van der Waals surface area contributed by atoms with E-state index < -0.39 is 11.8 Å². The molecule has 3 N–H and O–H groups in total. The third kappa shape index (κ3) is 7.32. The number of benzene rings is 3. The minimum absolute atomic E-state index is 0.132. The average molecular weight is 444 g/mol. The van der Waals surface area contributed by atoms with Gasteiger partial charge in [0.25, 0.3) is 5.91 Å². The van der Waals surface area contributed by atoms with Crippen molar-refractivity contribution in [2.24, 2.45) is 5.10 Å². The van der Waals surface area contributed by atoms with Crippen LogP contribution in [0.1, 0.15) is 16.7 Å².